The van der Waals surface area contributed by atoms with E-state index in [1.807, 2.05) is 6.07 Å². The van der Waals surface area contributed by atoms with Gasteiger partial charge in [0.25, 0.3) is 0 Å². The van der Waals surface area contributed by atoms with E-state index >= 15 is 0 Å². The lowest BCUT2D eigenvalue weighted by atomic mass is 10.1. The van der Waals surface area contributed by atoms with E-state index in [-0.39, 0.29) is 11.3 Å². The van der Waals surface area contributed by atoms with Gasteiger partial charge in [-0.25, -0.2) is 22.2 Å². The third-order valence-corrected chi connectivity index (χ3v) is 4.71. The predicted molar refractivity (Wildman–Crippen MR) is 87.5 cm³/mol. The Morgan fingerprint density at radius 1 is 1.16 bits per heavy atom. The number of nitrogens with zero attached hydrogens (tertiary/aromatic N) is 2. The monoisotopic (exact) mass is 358 g/mol. The average Bonchev–Trinajstić information content (AvgIpc) is 2.95. The van der Waals surface area contributed by atoms with E-state index in [4.69, 9.17) is 9.68 Å². The van der Waals surface area contributed by atoms with E-state index in [0.717, 1.165) is 24.7 Å². The van der Waals surface area contributed by atoms with Gasteiger partial charge in [-0.1, -0.05) is 6.07 Å². The molecule has 0 spiro atoms. The summed E-state index contributed by atoms with van der Waals surface area (Å²) in [5.74, 6) is -1.60. The molecular formula is C17H11FN2O4S. The van der Waals surface area contributed by atoms with E-state index in [1.54, 1.807) is 12.1 Å². The topological polar surface area (TPSA) is 93.1 Å². The highest BCUT2D eigenvalue weighted by Crippen LogP contribution is 2.25. The molecule has 2 aromatic carbocycles. The first kappa shape index (κ1) is 16.7. The van der Waals surface area contributed by atoms with Crippen LogP contribution < -0.4 is 5.76 Å². The maximum absolute atomic E-state index is 14.1. The molecule has 0 aliphatic rings. The third kappa shape index (κ3) is 3.09. The second-order valence-corrected chi connectivity index (χ2v) is 7.28. The van der Waals surface area contributed by atoms with Crippen molar-refractivity contribution in [1.82, 2.24) is 4.57 Å². The van der Waals surface area contributed by atoms with Crippen LogP contribution in [-0.4, -0.2) is 19.2 Å². The zero-order valence-electron chi connectivity index (χ0n) is 12.9. The standard InChI is InChI=1S/C17H11FN2O4S/c1-25(22,23)16-7-4-12(8-14(16)18)15-10-24-17(21)20(15)13-5-2-11(9-19)3-6-13/h2-8,10H,1H3. The normalized spacial score (nSPS) is 11.2. The van der Waals surface area contributed by atoms with Crippen molar-refractivity contribution < 1.29 is 17.2 Å². The molecule has 0 radical (unpaired) electrons. The zero-order chi connectivity index (χ0) is 18.2. The van der Waals surface area contributed by atoms with Gasteiger partial charge in [0.1, 0.15) is 17.0 Å². The Labute approximate surface area is 142 Å². The number of nitriles is 1. The molecule has 0 saturated heterocycles. The van der Waals surface area contributed by atoms with E-state index < -0.39 is 26.3 Å². The lowest BCUT2D eigenvalue weighted by Gasteiger charge is -2.08. The molecule has 1 aromatic heterocycles. The van der Waals surface area contributed by atoms with Crippen LogP contribution in [0.15, 0.2) is 62.8 Å². The summed E-state index contributed by atoms with van der Waals surface area (Å²) >= 11 is 0. The molecule has 25 heavy (non-hydrogen) atoms. The molecule has 8 heteroatoms. The van der Waals surface area contributed by atoms with Crippen LogP contribution in [0.4, 0.5) is 4.39 Å². The highest BCUT2D eigenvalue weighted by atomic mass is 32.2. The molecule has 0 unspecified atom stereocenters. The molecule has 1 heterocycles. The average molecular weight is 358 g/mol. The summed E-state index contributed by atoms with van der Waals surface area (Å²) in [5, 5.41) is 8.84. The molecule has 0 bridgehead atoms. The molecule has 0 saturated carbocycles. The second-order valence-electron chi connectivity index (χ2n) is 5.30. The Morgan fingerprint density at radius 2 is 1.84 bits per heavy atom. The number of hydrogen-bond acceptors (Lipinski definition) is 5. The molecule has 3 rings (SSSR count). The first-order valence-corrected chi connectivity index (χ1v) is 8.91. The number of oxazole rings is 1. The fraction of sp³-hybridized carbons (Fsp3) is 0.0588. The number of sulfone groups is 1. The van der Waals surface area contributed by atoms with Crippen LogP contribution in [0, 0.1) is 17.1 Å². The van der Waals surface area contributed by atoms with Crippen LogP contribution in [0.2, 0.25) is 0 Å². The first-order valence-electron chi connectivity index (χ1n) is 7.02. The molecule has 6 nitrogen and oxygen atoms in total. The van der Waals surface area contributed by atoms with Crippen LogP contribution >= 0.6 is 0 Å². The minimum Gasteiger partial charge on any atom is -0.415 e. The molecule has 3 aromatic rings. The van der Waals surface area contributed by atoms with Crippen LogP contribution in [-0.2, 0) is 9.84 Å². The lowest BCUT2D eigenvalue weighted by molar-refractivity contribution is 0.504. The van der Waals surface area contributed by atoms with Crippen LogP contribution in [0.5, 0.6) is 0 Å². The number of benzene rings is 2. The van der Waals surface area contributed by atoms with Gasteiger partial charge in [0, 0.05) is 11.8 Å². The SMILES string of the molecule is CS(=O)(=O)c1ccc(-c2coc(=O)n2-c2ccc(C#N)cc2)cc1F. The summed E-state index contributed by atoms with van der Waals surface area (Å²) in [6.07, 6.45) is 2.07. The number of halogens is 1. The highest BCUT2D eigenvalue weighted by molar-refractivity contribution is 7.90. The number of rotatable bonds is 3. The van der Waals surface area contributed by atoms with Gasteiger partial charge in [-0.15, -0.1) is 0 Å². The minimum absolute atomic E-state index is 0.258. The fourth-order valence-corrected chi connectivity index (χ4v) is 3.13. The molecule has 0 N–H and O–H groups in total. The van der Waals surface area contributed by atoms with Crippen LogP contribution in [0.1, 0.15) is 5.56 Å². The van der Waals surface area contributed by atoms with Crippen LogP contribution in [0.25, 0.3) is 16.9 Å². The van der Waals surface area contributed by atoms with Crippen molar-refractivity contribution in [3.05, 3.63) is 70.7 Å². The van der Waals surface area contributed by atoms with Gasteiger partial charge in [0.15, 0.2) is 9.84 Å². The van der Waals surface area contributed by atoms with Crippen molar-refractivity contribution in [2.75, 3.05) is 6.26 Å². The lowest BCUT2D eigenvalue weighted by Crippen LogP contribution is -2.13. The number of hydrogen-bond donors (Lipinski definition) is 0. The van der Waals surface area contributed by atoms with Crippen molar-refractivity contribution in [2.45, 2.75) is 4.90 Å². The van der Waals surface area contributed by atoms with E-state index in [9.17, 15) is 17.6 Å². The Bertz CT molecular complexity index is 1150. The van der Waals surface area contributed by atoms with E-state index in [2.05, 4.69) is 0 Å². The first-order chi connectivity index (χ1) is 11.8. The highest BCUT2D eigenvalue weighted by Gasteiger charge is 2.18. The van der Waals surface area contributed by atoms with Crippen molar-refractivity contribution in [1.29, 1.82) is 5.26 Å². The molecular weight excluding hydrogens is 347 g/mol. The molecule has 0 aliphatic carbocycles. The van der Waals surface area contributed by atoms with Gasteiger partial charge < -0.3 is 4.42 Å². The minimum atomic E-state index is -3.69. The summed E-state index contributed by atoms with van der Waals surface area (Å²) in [4.78, 5) is 11.6. The quantitative estimate of drug-likeness (QED) is 0.717. The maximum Gasteiger partial charge on any atom is 0.424 e. The smallest absolute Gasteiger partial charge is 0.415 e. The van der Waals surface area contributed by atoms with E-state index in [0.29, 0.717) is 11.3 Å². The number of aromatic nitrogens is 1. The summed E-state index contributed by atoms with van der Waals surface area (Å²) in [6, 6.07) is 11.7. The molecule has 0 aliphatic heterocycles. The molecule has 0 amide bonds. The zero-order valence-corrected chi connectivity index (χ0v) is 13.7. The van der Waals surface area contributed by atoms with Gasteiger partial charge in [0.05, 0.1) is 23.0 Å². The fourth-order valence-electron chi connectivity index (χ4n) is 2.40. The van der Waals surface area contributed by atoms with Gasteiger partial charge >= 0.3 is 5.76 Å². The van der Waals surface area contributed by atoms with Gasteiger partial charge in [-0.05, 0) is 36.4 Å². The summed E-state index contributed by atoms with van der Waals surface area (Å²) in [5.41, 5.74) is 1.39. The summed E-state index contributed by atoms with van der Waals surface area (Å²) < 4.78 is 43.3. The van der Waals surface area contributed by atoms with Gasteiger partial charge in [-0.2, -0.15) is 5.26 Å². The largest absolute Gasteiger partial charge is 0.424 e. The van der Waals surface area contributed by atoms with Gasteiger partial charge in [-0.3, -0.25) is 0 Å². The summed E-state index contributed by atoms with van der Waals surface area (Å²) in [6.45, 7) is 0. The van der Waals surface area contributed by atoms with Crippen molar-refractivity contribution in [3.8, 4) is 23.0 Å². The third-order valence-electron chi connectivity index (χ3n) is 3.58. The van der Waals surface area contributed by atoms with E-state index in [1.165, 1.54) is 22.8 Å². The van der Waals surface area contributed by atoms with Crippen molar-refractivity contribution >= 4 is 9.84 Å². The second kappa shape index (κ2) is 6.03. The Hall–Kier alpha value is -3.18. The molecule has 0 atom stereocenters. The maximum atomic E-state index is 14.1. The Balaban J connectivity index is 2.15. The van der Waals surface area contributed by atoms with Gasteiger partial charge in [0.2, 0.25) is 0 Å². The van der Waals surface area contributed by atoms with Crippen LogP contribution in [0.3, 0.4) is 0 Å². The Kier molecular flexibility index (Phi) is 4.02. The Morgan fingerprint density at radius 3 is 2.40 bits per heavy atom. The molecule has 0 fully saturated rings. The van der Waals surface area contributed by atoms with Crippen molar-refractivity contribution in [3.63, 3.8) is 0 Å². The predicted octanol–water partition coefficient (Wildman–Crippen LogP) is 2.51. The summed E-state index contributed by atoms with van der Waals surface area (Å²) in [7, 11) is -3.69. The molecule has 126 valence electrons. The van der Waals surface area contributed by atoms with Crippen molar-refractivity contribution in [2.24, 2.45) is 0 Å².